The number of anilines is 2. The van der Waals surface area contributed by atoms with E-state index in [2.05, 4.69) is 24.1 Å². The van der Waals surface area contributed by atoms with Crippen molar-refractivity contribution in [2.24, 2.45) is 0 Å². The predicted octanol–water partition coefficient (Wildman–Crippen LogP) is 5.59. The molecule has 0 fully saturated rings. The Kier molecular flexibility index (Phi) is 6.01. The first-order chi connectivity index (χ1) is 15.6. The maximum Gasteiger partial charge on any atom is 0.266 e. The lowest BCUT2D eigenvalue weighted by molar-refractivity contribution is -0.122. The summed E-state index contributed by atoms with van der Waals surface area (Å²) in [6, 6.07) is 13.7. The summed E-state index contributed by atoms with van der Waals surface area (Å²) in [5.74, 6) is 0.916. The Hall–Kier alpha value is -3.19. The number of hydrogen-bond donors (Lipinski definition) is 1. The van der Waals surface area contributed by atoms with E-state index in [1.807, 2.05) is 61.7 Å². The van der Waals surface area contributed by atoms with Crippen molar-refractivity contribution in [3.63, 3.8) is 0 Å². The minimum Gasteiger partial charge on any atom is -0.481 e. The van der Waals surface area contributed by atoms with Crippen LogP contribution >= 0.6 is 11.3 Å². The van der Waals surface area contributed by atoms with E-state index >= 15 is 0 Å². The van der Waals surface area contributed by atoms with Gasteiger partial charge in [0.25, 0.3) is 5.91 Å². The van der Waals surface area contributed by atoms with Gasteiger partial charge in [0.15, 0.2) is 11.2 Å². The quantitative estimate of drug-likeness (QED) is 0.517. The normalized spacial score (nSPS) is 15.5. The van der Waals surface area contributed by atoms with Gasteiger partial charge in [0, 0.05) is 23.7 Å². The van der Waals surface area contributed by atoms with E-state index in [9.17, 15) is 9.59 Å². The summed E-state index contributed by atoms with van der Waals surface area (Å²) < 4.78 is 5.80. The lowest BCUT2D eigenvalue weighted by Crippen LogP contribution is -2.33. The molecule has 0 aliphatic carbocycles. The second kappa shape index (κ2) is 8.63. The van der Waals surface area contributed by atoms with Gasteiger partial charge in [0.2, 0.25) is 5.91 Å². The Bertz CT molecular complexity index is 1200. The van der Waals surface area contributed by atoms with Gasteiger partial charge in [-0.1, -0.05) is 32.0 Å². The molecule has 0 radical (unpaired) electrons. The predicted molar refractivity (Wildman–Crippen MR) is 133 cm³/mol. The van der Waals surface area contributed by atoms with E-state index < -0.39 is 11.5 Å². The van der Waals surface area contributed by atoms with Crippen LogP contribution in [0.2, 0.25) is 0 Å². The lowest BCUT2D eigenvalue weighted by atomic mass is 9.85. The van der Waals surface area contributed by atoms with Crippen LogP contribution in [-0.2, 0) is 15.0 Å². The highest BCUT2D eigenvalue weighted by Crippen LogP contribution is 2.42. The molecule has 2 amide bonds. The molecule has 0 bridgehead atoms. The van der Waals surface area contributed by atoms with Gasteiger partial charge in [-0.3, -0.25) is 14.9 Å². The lowest BCUT2D eigenvalue weighted by Gasteiger charge is -2.16. The Labute approximate surface area is 198 Å². The van der Waals surface area contributed by atoms with Gasteiger partial charge in [0.1, 0.15) is 5.75 Å². The molecule has 172 valence electrons. The third-order valence-electron chi connectivity index (χ3n) is 6.13. The number of fused-ring (bicyclic) bond motifs is 1. The summed E-state index contributed by atoms with van der Waals surface area (Å²) in [6.45, 7) is 9.86. The average Bonchev–Trinajstić information content (AvgIpc) is 3.31. The summed E-state index contributed by atoms with van der Waals surface area (Å²) in [5, 5.41) is 5.26. The van der Waals surface area contributed by atoms with E-state index in [4.69, 9.17) is 4.74 Å². The third kappa shape index (κ3) is 4.37. The number of nitrogens with one attached hydrogen (secondary N) is 1. The zero-order chi connectivity index (χ0) is 23.9. The molecule has 1 aromatic heterocycles. The number of aromatic nitrogens is 1. The fraction of sp³-hybridized carbons (Fsp3) is 0.346. The molecule has 1 unspecified atom stereocenters. The van der Waals surface area contributed by atoms with Crippen LogP contribution in [0.3, 0.4) is 0 Å². The number of hydrogen-bond acceptors (Lipinski definition) is 5. The molecule has 0 saturated carbocycles. The van der Waals surface area contributed by atoms with Crippen LogP contribution in [0, 0.1) is 0 Å². The van der Waals surface area contributed by atoms with Crippen molar-refractivity contribution in [3.05, 3.63) is 59.0 Å². The molecule has 4 rings (SSSR count). The molecule has 0 saturated heterocycles. The first-order valence-electron chi connectivity index (χ1n) is 11.0. The highest BCUT2D eigenvalue weighted by Gasteiger charge is 2.42. The number of carbonyl (C=O) groups excluding carboxylic acids is 2. The van der Waals surface area contributed by atoms with Crippen molar-refractivity contribution >= 4 is 34.0 Å². The first-order valence-corrected chi connectivity index (χ1v) is 11.9. The Morgan fingerprint density at radius 1 is 1.12 bits per heavy atom. The Morgan fingerprint density at radius 2 is 1.82 bits per heavy atom. The SMILES string of the molecule is CC(Oc1ccc(C(C)C)cc1)C(=O)Nc1nc(-c2ccc3c(c2)C(C)(C)C(=O)N3C)cs1. The van der Waals surface area contributed by atoms with Crippen molar-refractivity contribution in [1.82, 2.24) is 4.98 Å². The number of rotatable bonds is 6. The molecule has 33 heavy (non-hydrogen) atoms. The largest absolute Gasteiger partial charge is 0.481 e. The van der Waals surface area contributed by atoms with E-state index in [-0.39, 0.29) is 11.8 Å². The molecular formula is C26H29N3O3S. The minimum absolute atomic E-state index is 0.0775. The van der Waals surface area contributed by atoms with Crippen LogP contribution in [-0.4, -0.2) is 29.9 Å². The van der Waals surface area contributed by atoms with Gasteiger partial charge in [-0.25, -0.2) is 4.98 Å². The zero-order valence-corrected chi connectivity index (χ0v) is 20.6. The van der Waals surface area contributed by atoms with E-state index in [1.54, 1.807) is 18.9 Å². The minimum atomic E-state index is -0.662. The number of carbonyl (C=O) groups is 2. The van der Waals surface area contributed by atoms with Gasteiger partial charge >= 0.3 is 0 Å². The maximum atomic E-state index is 12.6. The average molecular weight is 464 g/mol. The van der Waals surface area contributed by atoms with Crippen molar-refractivity contribution in [3.8, 4) is 17.0 Å². The third-order valence-corrected chi connectivity index (χ3v) is 6.89. The number of likely N-dealkylation sites (N-methyl/N-ethyl adjacent to an activating group) is 1. The second-order valence-electron chi connectivity index (χ2n) is 9.23. The molecular weight excluding hydrogens is 434 g/mol. The first kappa shape index (κ1) is 23.0. The molecule has 1 aliphatic heterocycles. The smallest absolute Gasteiger partial charge is 0.266 e. The van der Waals surface area contributed by atoms with Crippen LogP contribution in [0.4, 0.5) is 10.8 Å². The number of amides is 2. The molecule has 6 nitrogen and oxygen atoms in total. The summed E-state index contributed by atoms with van der Waals surface area (Å²) in [4.78, 5) is 31.5. The molecule has 0 spiro atoms. The van der Waals surface area contributed by atoms with Gasteiger partial charge < -0.3 is 9.64 Å². The second-order valence-corrected chi connectivity index (χ2v) is 10.1. The standard InChI is InChI=1S/C26H29N3O3S/c1-15(2)17-7-10-19(11-8-17)32-16(3)23(30)28-25-27-21(14-33-25)18-9-12-22-20(13-18)26(4,5)24(31)29(22)6/h7-16H,1-6H3,(H,27,28,30). The monoisotopic (exact) mass is 463 g/mol. The summed E-state index contributed by atoms with van der Waals surface area (Å²) in [6.07, 6.45) is -0.662. The van der Waals surface area contributed by atoms with Crippen molar-refractivity contribution in [2.45, 2.75) is 52.1 Å². The van der Waals surface area contributed by atoms with Crippen LogP contribution in [0.15, 0.2) is 47.8 Å². The van der Waals surface area contributed by atoms with Crippen molar-refractivity contribution in [2.75, 3.05) is 17.3 Å². The van der Waals surface area contributed by atoms with Gasteiger partial charge in [0.05, 0.1) is 11.1 Å². The van der Waals surface area contributed by atoms with Gasteiger partial charge in [-0.05, 0) is 62.1 Å². The van der Waals surface area contributed by atoms with E-state index in [1.165, 1.54) is 16.9 Å². The van der Waals surface area contributed by atoms with Crippen molar-refractivity contribution in [1.29, 1.82) is 0 Å². The van der Waals surface area contributed by atoms with Crippen LogP contribution < -0.4 is 15.0 Å². The molecule has 7 heteroatoms. The maximum absolute atomic E-state index is 12.6. The molecule has 3 aromatic rings. The van der Waals surface area contributed by atoms with E-state index in [0.717, 1.165) is 22.5 Å². The van der Waals surface area contributed by atoms with Gasteiger partial charge in [-0.15, -0.1) is 11.3 Å². The number of ether oxygens (including phenoxy) is 1. The summed E-state index contributed by atoms with van der Waals surface area (Å²) >= 11 is 1.36. The van der Waals surface area contributed by atoms with Crippen LogP contribution in [0.25, 0.3) is 11.3 Å². The zero-order valence-electron chi connectivity index (χ0n) is 19.8. The summed E-state index contributed by atoms with van der Waals surface area (Å²) in [7, 11) is 1.80. The topological polar surface area (TPSA) is 71.5 Å². The molecule has 1 N–H and O–H groups in total. The number of nitrogens with zero attached hydrogens (tertiary/aromatic N) is 2. The Morgan fingerprint density at radius 3 is 2.48 bits per heavy atom. The molecule has 2 aromatic carbocycles. The number of benzene rings is 2. The van der Waals surface area contributed by atoms with E-state index in [0.29, 0.717) is 16.8 Å². The van der Waals surface area contributed by atoms with Crippen LogP contribution in [0.1, 0.15) is 51.7 Å². The van der Waals surface area contributed by atoms with Gasteiger partial charge in [-0.2, -0.15) is 0 Å². The fourth-order valence-corrected chi connectivity index (χ4v) is 4.71. The molecule has 1 atom stereocenters. The molecule has 1 aliphatic rings. The molecule has 2 heterocycles. The van der Waals surface area contributed by atoms with Crippen molar-refractivity contribution < 1.29 is 14.3 Å². The fourth-order valence-electron chi connectivity index (χ4n) is 3.99. The highest BCUT2D eigenvalue weighted by atomic mass is 32.1. The summed E-state index contributed by atoms with van der Waals surface area (Å²) in [5.41, 5.74) is 4.22. The Balaban J connectivity index is 1.44. The van der Waals surface area contributed by atoms with Crippen LogP contribution in [0.5, 0.6) is 5.75 Å². The number of thiazole rings is 1. The highest BCUT2D eigenvalue weighted by molar-refractivity contribution is 7.14.